The van der Waals surface area contributed by atoms with E-state index in [0.29, 0.717) is 5.69 Å². The lowest BCUT2D eigenvalue weighted by atomic mass is 9.99. The van der Waals surface area contributed by atoms with Gasteiger partial charge in [0.1, 0.15) is 0 Å². The Labute approximate surface area is 85.9 Å². The van der Waals surface area contributed by atoms with Crippen molar-refractivity contribution in [1.82, 2.24) is 4.98 Å². The summed E-state index contributed by atoms with van der Waals surface area (Å²) in [6, 6.07) is 1.95. The van der Waals surface area contributed by atoms with E-state index in [1.807, 2.05) is 12.3 Å². The summed E-state index contributed by atoms with van der Waals surface area (Å²) < 4.78 is 0. The van der Waals surface area contributed by atoms with E-state index in [2.05, 4.69) is 37.7 Å². The molecule has 78 valence electrons. The lowest BCUT2D eigenvalue weighted by Gasteiger charge is -2.36. The fourth-order valence-corrected chi connectivity index (χ4v) is 1.22. The van der Waals surface area contributed by atoms with Crippen molar-refractivity contribution in [3.8, 4) is 0 Å². The molecule has 0 atom stereocenters. The van der Waals surface area contributed by atoms with Crippen LogP contribution in [0.1, 0.15) is 27.2 Å². The molecule has 1 aromatic rings. The summed E-state index contributed by atoms with van der Waals surface area (Å²) in [7, 11) is 2.07. The molecule has 1 aromatic heterocycles. The molecule has 0 saturated carbocycles. The van der Waals surface area contributed by atoms with Crippen LogP contribution in [0.3, 0.4) is 0 Å². The van der Waals surface area contributed by atoms with Gasteiger partial charge >= 0.3 is 0 Å². The maximum absolute atomic E-state index is 5.69. The largest absolute Gasteiger partial charge is 0.397 e. The fourth-order valence-electron chi connectivity index (χ4n) is 1.22. The highest BCUT2D eigenvalue weighted by atomic mass is 15.2. The van der Waals surface area contributed by atoms with Crippen molar-refractivity contribution in [2.45, 2.75) is 32.7 Å². The lowest BCUT2D eigenvalue weighted by molar-refractivity contribution is 0.470. The summed E-state index contributed by atoms with van der Waals surface area (Å²) in [5.74, 6) is 0. The van der Waals surface area contributed by atoms with Crippen LogP contribution in [0, 0.1) is 0 Å². The molecule has 3 nitrogen and oxygen atoms in total. The second-order valence-corrected chi connectivity index (χ2v) is 4.20. The molecule has 0 aliphatic rings. The van der Waals surface area contributed by atoms with Gasteiger partial charge in [0.25, 0.3) is 0 Å². The first-order chi connectivity index (χ1) is 6.47. The highest BCUT2D eigenvalue weighted by Gasteiger charge is 2.21. The molecule has 0 aromatic carbocycles. The third kappa shape index (κ3) is 2.16. The molecule has 0 spiro atoms. The first kappa shape index (κ1) is 10.8. The minimum Gasteiger partial charge on any atom is -0.397 e. The zero-order valence-corrected chi connectivity index (χ0v) is 9.41. The predicted octanol–water partition coefficient (Wildman–Crippen LogP) is 2.29. The average Bonchev–Trinajstić information content (AvgIpc) is 2.16. The van der Waals surface area contributed by atoms with Crippen molar-refractivity contribution in [2.24, 2.45) is 0 Å². The van der Waals surface area contributed by atoms with Gasteiger partial charge in [-0.25, -0.2) is 0 Å². The number of aromatic nitrogens is 1. The third-order valence-electron chi connectivity index (χ3n) is 2.91. The van der Waals surface area contributed by atoms with Gasteiger partial charge in [-0.2, -0.15) is 0 Å². The highest BCUT2D eigenvalue weighted by molar-refractivity contribution is 5.54. The van der Waals surface area contributed by atoms with Gasteiger partial charge in [-0.1, -0.05) is 6.92 Å². The number of rotatable bonds is 3. The summed E-state index contributed by atoms with van der Waals surface area (Å²) in [4.78, 5) is 6.29. The second-order valence-electron chi connectivity index (χ2n) is 4.20. The van der Waals surface area contributed by atoms with Crippen molar-refractivity contribution in [1.29, 1.82) is 0 Å². The molecule has 0 unspecified atom stereocenters. The van der Waals surface area contributed by atoms with Crippen molar-refractivity contribution in [3.05, 3.63) is 18.5 Å². The van der Waals surface area contributed by atoms with Gasteiger partial charge in [-0.05, 0) is 26.3 Å². The Bertz CT molecular complexity index is 307. The molecule has 1 heterocycles. The van der Waals surface area contributed by atoms with Crippen molar-refractivity contribution in [2.75, 3.05) is 17.7 Å². The summed E-state index contributed by atoms with van der Waals surface area (Å²) in [6.07, 6.45) is 4.59. The Hall–Kier alpha value is -1.25. The maximum atomic E-state index is 5.69. The van der Waals surface area contributed by atoms with E-state index in [9.17, 15) is 0 Å². The number of hydrogen-bond acceptors (Lipinski definition) is 3. The Kier molecular flexibility index (Phi) is 2.99. The van der Waals surface area contributed by atoms with Crippen LogP contribution in [0.4, 0.5) is 11.4 Å². The van der Waals surface area contributed by atoms with Gasteiger partial charge in [0.15, 0.2) is 0 Å². The molecule has 3 heteroatoms. The monoisotopic (exact) mass is 193 g/mol. The topological polar surface area (TPSA) is 42.2 Å². The van der Waals surface area contributed by atoms with E-state index < -0.39 is 0 Å². The average molecular weight is 193 g/mol. The van der Waals surface area contributed by atoms with Gasteiger partial charge in [-0.15, -0.1) is 0 Å². The Morgan fingerprint density at radius 2 is 2.07 bits per heavy atom. The Morgan fingerprint density at radius 1 is 1.43 bits per heavy atom. The molecule has 0 fully saturated rings. The summed E-state index contributed by atoms with van der Waals surface area (Å²) in [5.41, 5.74) is 7.60. The number of nitrogens with two attached hydrogens (primary N) is 1. The quantitative estimate of drug-likeness (QED) is 0.800. The molecule has 0 amide bonds. The van der Waals surface area contributed by atoms with E-state index >= 15 is 0 Å². The zero-order chi connectivity index (χ0) is 10.8. The molecular formula is C11H19N3. The Balaban J connectivity index is 2.94. The molecule has 14 heavy (non-hydrogen) atoms. The second kappa shape index (κ2) is 3.86. The van der Waals surface area contributed by atoms with Gasteiger partial charge in [0.2, 0.25) is 0 Å². The SMILES string of the molecule is CCC(C)(C)N(C)c1cncc(N)c1. The van der Waals surface area contributed by atoms with Crippen LogP contribution in [0.15, 0.2) is 18.5 Å². The summed E-state index contributed by atoms with van der Waals surface area (Å²) in [5, 5.41) is 0. The van der Waals surface area contributed by atoms with Crippen molar-refractivity contribution in [3.63, 3.8) is 0 Å². The zero-order valence-electron chi connectivity index (χ0n) is 9.41. The van der Waals surface area contributed by atoms with Crippen LogP contribution in [-0.2, 0) is 0 Å². The van der Waals surface area contributed by atoms with Gasteiger partial charge in [0.05, 0.1) is 17.6 Å². The van der Waals surface area contributed by atoms with Crippen LogP contribution < -0.4 is 10.6 Å². The van der Waals surface area contributed by atoms with Gasteiger partial charge in [-0.3, -0.25) is 4.98 Å². The van der Waals surface area contributed by atoms with Crippen LogP contribution in [0.5, 0.6) is 0 Å². The van der Waals surface area contributed by atoms with Crippen molar-refractivity contribution < 1.29 is 0 Å². The van der Waals surface area contributed by atoms with Crippen LogP contribution in [0.25, 0.3) is 0 Å². The molecule has 0 bridgehead atoms. The number of hydrogen-bond donors (Lipinski definition) is 1. The van der Waals surface area contributed by atoms with E-state index in [-0.39, 0.29) is 5.54 Å². The lowest BCUT2D eigenvalue weighted by Crippen LogP contribution is -2.40. The molecule has 0 saturated heterocycles. The smallest absolute Gasteiger partial charge is 0.0575 e. The third-order valence-corrected chi connectivity index (χ3v) is 2.91. The molecule has 1 rings (SSSR count). The number of pyridine rings is 1. The first-order valence-electron chi connectivity index (χ1n) is 4.91. The molecule has 0 radical (unpaired) electrons. The number of anilines is 2. The van der Waals surface area contributed by atoms with E-state index in [0.717, 1.165) is 12.1 Å². The molecule has 2 N–H and O–H groups in total. The first-order valence-corrected chi connectivity index (χ1v) is 4.91. The van der Waals surface area contributed by atoms with E-state index in [1.165, 1.54) is 0 Å². The minimum atomic E-state index is 0.134. The van der Waals surface area contributed by atoms with Gasteiger partial charge < -0.3 is 10.6 Å². The van der Waals surface area contributed by atoms with Crippen molar-refractivity contribution >= 4 is 11.4 Å². The summed E-state index contributed by atoms with van der Waals surface area (Å²) >= 11 is 0. The van der Waals surface area contributed by atoms with Crippen LogP contribution in [0.2, 0.25) is 0 Å². The maximum Gasteiger partial charge on any atom is 0.0575 e. The van der Waals surface area contributed by atoms with Crippen LogP contribution in [-0.4, -0.2) is 17.6 Å². The number of nitrogens with zero attached hydrogens (tertiary/aromatic N) is 2. The molecule has 0 aliphatic heterocycles. The molecular weight excluding hydrogens is 174 g/mol. The van der Waals surface area contributed by atoms with Crippen LogP contribution >= 0.6 is 0 Å². The molecule has 0 aliphatic carbocycles. The van der Waals surface area contributed by atoms with Gasteiger partial charge in [0, 0.05) is 18.8 Å². The predicted molar refractivity (Wildman–Crippen MR) is 61.4 cm³/mol. The number of nitrogen functional groups attached to an aromatic ring is 1. The normalized spacial score (nSPS) is 11.4. The van der Waals surface area contributed by atoms with E-state index in [4.69, 9.17) is 5.73 Å². The van der Waals surface area contributed by atoms with E-state index in [1.54, 1.807) is 6.20 Å². The standard InChI is InChI=1S/C11H19N3/c1-5-11(2,3)14(4)10-6-9(12)7-13-8-10/h6-8H,5,12H2,1-4H3. The Morgan fingerprint density at radius 3 is 2.57 bits per heavy atom. The summed E-state index contributed by atoms with van der Waals surface area (Å²) in [6.45, 7) is 6.59. The fraction of sp³-hybridized carbons (Fsp3) is 0.545. The minimum absolute atomic E-state index is 0.134. The highest BCUT2D eigenvalue weighted by Crippen LogP contribution is 2.24.